The van der Waals surface area contributed by atoms with Crippen LogP contribution >= 0.6 is 15.9 Å². The second kappa shape index (κ2) is 8.59. The number of benzene rings is 1. The molecule has 0 aliphatic rings. The normalized spacial score (nSPS) is 10.3. The summed E-state index contributed by atoms with van der Waals surface area (Å²) in [5.74, 6) is -0.201. The number of aromatic nitrogens is 1. The van der Waals surface area contributed by atoms with Crippen molar-refractivity contribution in [2.24, 2.45) is 0 Å². The van der Waals surface area contributed by atoms with Crippen molar-refractivity contribution in [1.82, 2.24) is 10.3 Å². The number of anilines is 1. The second-order valence-electron chi connectivity index (χ2n) is 5.51. The van der Waals surface area contributed by atoms with E-state index in [0.717, 1.165) is 21.3 Å². The predicted octanol–water partition coefficient (Wildman–Crippen LogP) is 3.21. The highest BCUT2D eigenvalue weighted by Crippen LogP contribution is 2.27. The summed E-state index contributed by atoms with van der Waals surface area (Å²) in [6, 6.07) is 9.51. The van der Waals surface area contributed by atoms with Crippen molar-refractivity contribution < 1.29 is 9.59 Å². The van der Waals surface area contributed by atoms with Gasteiger partial charge in [0.05, 0.1) is 5.69 Å². The molecule has 6 heteroatoms. The Balaban J connectivity index is 1.94. The monoisotopic (exact) mass is 389 g/mol. The van der Waals surface area contributed by atoms with Crippen LogP contribution in [0.2, 0.25) is 0 Å². The third kappa shape index (κ3) is 5.16. The van der Waals surface area contributed by atoms with Gasteiger partial charge in [0, 0.05) is 43.3 Å². The molecule has 0 spiro atoms. The van der Waals surface area contributed by atoms with Gasteiger partial charge in [0.1, 0.15) is 0 Å². The number of nitrogens with zero attached hydrogens (tertiary/aromatic N) is 2. The summed E-state index contributed by atoms with van der Waals surface area (Å²) >= 11 is 3.48. The van der Waals surface area contributed by atoms with E-state index in [9.17, 15) is 9.59 Å². The van der Waals surface area contributed by atoms with Crippen LogP contribution in [0.5, 0.6) is 0 Å². The lowest BCUT2D eigenvalue weighted by Gasteiger charge is -2.22. The first-order chi connectivity index (χ1) is 11.5. The number of amides is 2. The average Bonchev–Trinajstić information content (AvgIpc) is 2.55. The Labute approximate surface area is 150 Å². The van der Waals surface area contributed by atoms with Gasteiger partial charge in [-0.25, -0.2) is 0 Å². The Morgan fingerprint density at radius 1 is 1.29 bits per heavy atom. The Hall–Kier alpha value is -2.21. The molecule has 1 aromatic carbocycles. The van der Waals surface area contributed by atoms with Crippen molar-refractivity contribution in [3.05, 3.63) is 58.3 Å². The summed E-state index contributed by atoms with van der Waals surface area (Å²) in [6.07, 6.45) is 3.64. The van der Waals surface area contributed by atoms with E-state index in [1.54, 1.807) is 17.3 Å². The number of aryl methyl sites for hydroxylation is 1. The predicted molar refractivity (Wildman–Crippen MR) is 97.6 cm³/mol. The van der Waals surface area contributed by atoms with Gasteiger partial charge >= 0.3 is 0 Å². The number of hydrogen-bond acceptors (Lipinski definition) is 3. The molecule has 0 fully saturated rings. The Bertz CT molecular complexity index is 719. The van der Waals surface area contributed by atoms with Crippen molar-refractivity contribution in [3.8, 4) is 0 Å². The average molecular weight is 390 g/mol. The molecule has 0 saturated heterocycles. The molecule has 2 amide bonds. The minimum absolute atomic E-state index is 0.0976. The van der Waals surface area contributed by atoms with Gasteiger partial charge in [0.25, 0.3) is 0 Å². The fourth-order valence-corrected chi connectivity index (χ4v) is 2.99. The molecule has 0 aliphatic carbocycles. The van der Waals surface area contributed by atoms with Crippen LogP contribution in [-0.4, -0.2) is 23.3 Å². The lowest BCUT2D eigenvalue weighted by Crippen LogP contribution is -2.34. The van der Waals surface area contributed by atoms with E-state index in [1.165, 1.54) is 6.92 Å². The first-order valence-electron chi connectivity index (χ1n) is 7.67. The summed E-state index contributed by atoms with van der Waals surface area (Å²) in [7, 11) is 0. The topological polar surface area (TPSA) is 62.3 Å². The van der Waals surface area contributed by atoms with Crippen LogP contribution in [0, 0.1) is 6.92 Å². The third-order valence-electron chi connectivity index (χ3n) is 3.55. The number of halogens is 1. The Kier molecular flexibility index (Phi) is 6.49. The van der Waals surface area contributed by atoms with E-state index in [1.807, 2.05) is 37.3 Å². The van der Waals surface area contributed by atoms with E-state index in [4.69, 9.17) is 0 Å². The molecule has 0 unspecified atom stereocenters. The maximum Gasteiger partial charge on any atom is 0.223 e. The van der Waals surface area contributed by atoms with Gasteiger partial charge in [-0.05, 0) is 52.2 Å². The molecule has 5 nitrogen and oxygen atoms in total. The quantitative estimate of drug-likeness (QED) is 0.824. The van der Waals surface area contributed by atoms with Crippen LogP contribution in [0.1, 0.15) is 24.5 Å². The SMILES string of the molecule is CC(=O)N(CCC(=O)NCc1cccnc1)c1ccc(C)cc1Br. The minimum Gasteiger partial charge on any atom is -0.352 e. The van der Waals surface area contributed by atoms with Crippen LogP contribution in [-0.2, 0) is 16.1 Å². The van der Waals surface area contributed by atoms with Crippen molar-refractivity contribution >= 4 is 33.4 Å². The molecule has 0 saturated carbocycles. The van der Waals surface area contributed by atoms with Crippen LogP contribution in [0.15, 0.2) is 47.2 Å². The molecule has 1 aromatic heterocycles. The van der Waals surface area contributed by atoms with E-state index in [2.05, 4.69) is 26.2 Å². The van der Waals surface area contributed by atoms with Crippen LogP contribution in [0.25, 0.3) is 0 Å². The summed E-state index contributed by atoms with van der Waals surface area (Å²) < 4.78 is 0.841. The lowest BCUT2D eigenvalue weighted by molar-refractivity contribution is -0.121. The van der Waals surface area contributed by atoms with Gasteiger partial charge in [0.15, 0.2) is 0 Å². The molecule has 2 aromatic rings. The molecule has 0 aliphatic heterocycles. The van der Waals surface area contributed by atoms with Gasteiger partial charge in [-0.2, -0.15) is 0 Å². The van der Waals surface area contributed by atoms with Crippen molar-refractivity contribution in [2.75, 3.05) is 11.4 Å². The van der Waals surface area contributed by atoms with Gasteiger partial charge in [-0.15, -0.1) is 0 Å². The second-order valence-corrected chi connectivity index (χ2v) is 6.37. The van der Waals surface area contributed by atoms with Gasteiger partial charge in [0.2, 0.25) is 11.8 Å². The highest BCUT2D eigenvalue weighted by atomic mass is 79.9. The van der Waals surface area contributed by atoms with Gasteiger partial charge < -0.3 is 10.2 Å². The molecule has 0 radical (unpaired) electrons. The van der Waals surface area contributed by atoms with Crippen LogP contribution in [0.4, 0.5) is 5.69 Å². The highest BCUT2D eigenvalue weighted by molar-refractivity contribution is 9.10. The smallest absolute Gasteiger partial charge is 0.223 e. The highest BCUT2D eigenvalue weighted by Gasteiger charge is 2.16. The first kappa shape index (κ1) is 18.1. The zero-order valence-corrected chi connectivity index (χ0v) is 15.3. The summed E-state index contributed by atoms with van der Waals surface area (Å²) in [5, 5.41) is 2.84. The van der Waals surface area contributed by atoms with Crippen molar-refractivity contribution in [3.63, 3.8) is 0 Å². The molecule has 24 heavy (non-hydrogen) atoms. The first-order valence-corrected chi connectivity index (χ1v) is 8.46. The zero-order chi connectivity index (χ0) is 17.5. The van der Waals surface area contributed by atoms with Crippen molar-refractivity contribution in [1.29, 1.82) is 0 Å². The molecule has 0 bridgehead atoms. The molecule has 0 atom stereocenters. The Morgan fingerprint density at radius 3 is 2.71 bits per heavy atom. The van der Waals surface area contributed by atoms with Gasteiger partial charge in [-0.3, -0.25) is 14.6 Å². The number of rotatable bonds is 6. The Morgan fingerprint density at radius 2 is 2.08 bits per heavy atom. The molecule has 1 N–H and O–H groups in total. The van der Waals surface area contributed by atoms with Crippen molar-refractivity contribution in [2.45, 2.75) is 26.8 Å². The number of carbonyl (C=O) groups is 2. The summed E-state index contributed by atoms with van der Waals surface area (Å²) in [5.41, 5.74) is 2.81. The molecular formula is C18H20BrN3O2. The zero-order valence-electron chi connectivity index (χ0n) is 13.8. The fourth-order valence-electron chi connectivity index (χ4n) is 2.28. The summed E-state index contributed by atoms with van der Waals surface area (Å²) in [4.78, 5) is 29.6. The fraction of sp³-hybridized carbons (Fsp3) is 0.278. The number of pyridine rings is 1. The number of hydrogen-bond donors (Lipinski definition) is 1. The molecule has 1 heterocycles. The molecule has 126 valence electrons. The minimum atomic E-state index is -0.103. The largest absolute Gasteiger partial charge is 0.352 e. The van der Waals surface area contributed by atoms with E-state index in [0.29, 0.717) is 13.1 Å². The summed E-state index contributed by atoms with van der Waals surface area (Å²) in [6.45, 7) is 4.25. The number of nitrogens with one attached hydrogen (secondary N) is 1. The maximum atomic E-state index is 12.0. The number of carbonyl (C=O) groups excluding carboxylic acids is 2. The lowest BCUT2D eigenvalue weighted by atomic mass is 10.2. The van der Waals surface area contributed by atoms with E-state index < -0.39 is 0 Å². The maximum absolute atomic E-state index is 12.0. The third-order valence-corrected chi connectivity index (χ3v) is 4.18. The molecule has 2 rings (SSSR count). The van der Waals surface area contributed by atoms with E-state index >= 15 is 0 Å². The van der Waals surface area contributed by atoms with E-state index in [-0.39, 0.29) is 18.2 Å². The standard InChI is InChI=1S/C18H20BrN3O2/c1-13-5-6-17(16(19)10-13)22(14(2)23)9-7-18(24)21-12-15-4-3-8-20-11-15/h3-6,8,10-11H,7,9,12H2,1-2H3,(H,21,24). The molecular weight excluding hydrogens is 370 g/mol. The van der Waals surface area contributed by atoms with Crippen LogP contribution < -0.4 is 10.2 Å². The van der Waals surface area contributed by atoms with Crippen LogP contribution in [0.3, 0.4) is 0 Å². The van der Waals surface area contributed by atoms with Gasteiger partial charge in [-0.1, -0.05) is 12.1 Å².